The molecular weight excluding hydrogens is 136 g/mol. The third kappa shape index (κ3) is 0.703. The van der Waals surface area contributed by atoms with Gasteiger partial charge in [0.2, 0.25) is 0 Å². The Bertz CT molecular complexity index is 178. The molecule has 0 aromatic carbocycles. The lowest BCUT2D eigenvalue weighted by Crippen LogP contribution is -2.27. The van der Waals surface area contributed by atoms with Gasteiger partial charge in [0.1, 0.15) is 0 Å². The highest BCUT2D eigenvalue weighted by Crippen LogP contribution is 2.58. The van der Waals surface area contributed by atoms with Gasteiger partial charge in [-0.2, -0.15) is 0 Å². The zero-order chi connectivity index (χ0) is 7.42. The van der Waals surface area contributed by atoms with E-state index in [0.29, 0.717) is 5.92 Å². The molecule has 3 rings (SSSR count). The van der Waals surface area contributed by atoms with E-state index in [1.165, 1.54) is 25.7 Å². The van der Waals surface area contributed by atoms with Crippen molar-refractivity contribution in [2.45, 2.75) is 38.2 Å². The van der Waals surface area contributed by atoms with E-state index >= 15 is 0 Å². The summed E-state index contributed by atoms with van der Waals surface area (Å²) in [6, 6.07) is 0. The van der Waals surface area contributed by atoms with E-state index in [4.69, 9.17) is 0 Å². The van der Waals surface area contributed by atoms with Crippen molar-refractivity contribution in [3.63, 3.8) is 0 Å². The summed E-state index contributed by atoms with van der Waals surface area (Å²) in [5.41, 5.74) is 0. The number of rotatable bonds is 0. The maximum absolute atomic E-state index is 9.67. The van der Waals surface area contributed by atoms with Crippen LogP contribution in [0.25, 0.3) is 0 Å². The lowest BCUT2D eigenvalue weighted by molar-refractivity contribution is 0.0642. The Hall–Kier alpha value is -0.0400. The zero-order valence-corrected chi connectivity index (χ0v) is 6.87. The third-order valence-corrected chi connectivity index (χ3v) is 4.39. The minimum Gasteiger partial charge on any atom is -0.393 e. The molecule has 3 aliphatic carbocycles. The van der Waals surface area contributed by atoms with Crippen LogP contribution in [-0.2, 0) is 0 Å². The second-order valence-electron chi connectivity index (χ2n) is 4.72. The monoisotopic (exact) mass is 152 g/mol. The highest BCUT2D eigenvalue weighted by molar-refractivity contribution is 5.02. The van der Waals surface area contributed by atoms with Gasteiger partial charge in [0.25, 0.3) is 0 Å². The van der Waals surface area contributed by atoms with E-state index in [2.05, 4.69) is 0 Å². The minimum absolute atomic E-state index is 0.0827. The molecule has 1 nitrogen and oxygen atoms in total. The number of aliphatic hydroxyl groups is 1. The highest BCUT2D eigenvalue weighted by atomic mass is 16.3. The summed E-state index contributed by atoms with van der Waals surface area (Å²) < 4.78 is 0. The van der Waals surface area contributed by atoms with Gasteiger partial charge in [-0.05, 0) is 49.4 Å². The van der Waals surface area contributed by atoms with Gasteiger partial charge < -0.3 is 5.11 Å². The van der Waals surface area contributed by atoms with Crippen molar-refractivity contribution in [1.82, 2.24) is 0 Å². The minimum atomic E-state index is 0.0827. The number of aliphatic hydroxyl groups excluding tert-OH is 1. The van der Waals surface area contributed by atoms with Crippen molar-refractivity contribution < 1.29 is 5.11 Å². The number of hydrogen-bond donors (Lipinski definition) is 1. The Labute approximate surface area is 67.8 Å². The van der Waals surface area contributed by atoms with Crippen LogP contribution in [0, 0.1) is 23.7 Å². The van der Waals surface area contributed by atoms with E-state index in [1.807, 2.05) is 0 Å². The zero-order valence-electron chi connectivity index (χ0n) is 6.87. The predicted molar refractivity (Wildman–Crippen MR) is 43.1 cm³/mol. The molecule has 2 unspecified atom stereocenters. The molecule has 2 bridgehead atoms. The number of fused-ring (bicyclic) bond motifs is 5. The molecule has 11 heavy (non-hydrogen) atoms. The van der Waals surface area contributed by atoms with Crippen LogP contribution in [0.4, 0.5) is 0 Å². The van der Waals surface area contributed by atoms with Crippen LogP contribution >= 0.6 is 0 Å². The molecule has 0 aliphatic heterocycles. The quantitative estimate of drug-likeness (QED) is 0.561. The smallest absolute Gasteiger partial charge is 0.0574 e. The highest BCUT2D eigenvalue weighted by Gasteiger charge is 2.53. The first-order valence-corrected chi connectivity index (χ1v) is 5.04. The molecule has 3 aliphatic rings. The Morgan fingerprint density at radius 2 is 1.73 bits per heavy atom. The van der Waals surface area contributed by atoms with Crippen LogP contribution in [0.3, 0.4) is 0 Å². The first-order valence-electron chi connectivity index (χ1n) is 5.04. The summed E-state index contributed by atoms with van der Waals surface area (Å²) in [6.07, 6.45) is 6.90. The Morgan fingerprint density at radius 1 is 0.909 bits per heavy atom. The number of hydrogen-bond acceptors (Lipinski definition) is 1. The summed E-state index contributed by atoms with van der Waals surface area (Å²) in [6.45, 7) is 0. The van der Waals surface area contributed by atoms with Gasteiger partial charge in [0.05, 0.1) is 6.10 Å². The van der Waals surface area contributed by atoms with Gasteiger partial charge >= 0.3 is 0 Å². The van der Waals surface area contributed by atoms with E-state index in [9.17, 15) is 5.11 Å². The van der Waals surface area contributed by atoms with Crippen LogP contribution in [0.15, 0.2) is 0 Å². The third-order valence-electron chi connectivity index (χ3n) is 4.39. The molecule has 0 saturated heterocycles. The van der Waals surface area contributed by atoms with Gasteiger partial charge in [-0.3, -0.25) is 0 Å². The van der Waals surface area contributed by atoms with Crippen molar-refractivity contribution in [1.29, 1.82) is 0 Å². The fourth-order valence-corrected chi connectivity index (χ4v) is 4.03. The molecule has 62 valence electrons. The van der Waals surface area contributed by atoms with Gasteiger partial charge in [0, 0.05) is 0 Å². The van der Waals surface area contributed by atoms with Crippen LogP contribution in [0.5, 0.6) is 0 Å². The summed E-state index contributed by atoms with van der Waals surface area (Å²) in [5.74, 6) is 3.60. The van der Waals surface area contributed by atoms with E-state index in [0.717, 1.165) is 24.2 Å². The van der Waals surface area contributed by atoms with E-state index in [1.54, 1.807) is 0 Å². The normalized spacial score (nSPS) is 60.3. The lowest BCUT2D eigenvalue weighted by Gasteiger charge is -2.28. The second-order valence-corrected chi connectivity index (χ2v) is 4.72. The molecule has 0 aromatic rings. The topological polar surface area (TPSA) is 20.2 Å². The molecule has 0 radical (unpaired) electrons. The average molecular weight is 152 g/mol. The summed E-state index contributed by atoms with van der Waals surface area (Å²) in [7, 11) is 0. The molecule has 0 amide bonds. The van der Waals surface area contributed by atoms with Crippen LogP contribution in [0.1, 0.15) is 32.1 Å². The Morgan fingerprint density at radius 3 is 2.64 bits per heavy atom. The molecule has 0 heterocycles. The second kappa shape index (κ2) is 2.01. The van der Waals surface area contributed by atoms with Gasteiger partial charge in [-0.25, -0.2) is 0 Å². The Balaban J connectivity index is 1.90. The van der Waals surface area contributed by atoms with Crippen LogP contribution in [-0.4, -0.2) is 11.2 Å². The predicted octanol–water partition coefficient (Wildman–Crippen LogP) is 1.80. The van der Waals surface area contributed by atoms with Gasteiger partial charge in [0.15, 0.2) is 0 Å². The van der Waals surface area contributed by atoms with Crippen molar-refractivity contribution in [3.8, 4) is 0 Å². The molecule has 3 fully saturated rings. The van der Waals surface area contributed by atoms with Gasteiger partial charge in [-0.15, -0.1) is 0 Å². The SMILES string of the molecule is O[C@H]1C[C@H]2C[C@@H]1C1CCCC12. The summed E-state index contributed by atoms with van der Waals surface area (Å²) >= 11 is 0. The molecule has 3 saturated carbocycles. The molecule has 0 spiro atoms. The summed E-state index contributed by atoms with van der Waals surface area (Å²) in [5, 5.41) is 9.67. The summed E-state index contributed by atoms with van der Waals surface area (Å²) in [4.78, 5) is 0. The van der Waals surface area contributed by atoms with Gasteiger partial charge in [-0.1, -0.05) is 6.42 Å². The Kier molecular flexibility index (Phi) is 1.18. The fourth-order valence-electron chi connectivity index (χ4n) is 4.03. The first kappa shape index (κ1) is 6.47. The van der Waals surface area contributed by atoms with Crippen molar-refractivity contribution >= 4 is 0 Å². The molecule has 1 N–H and O–H groups in total. The molecule has 5 atom stereocenters. The van der Waals surface area contributed by atoms with E-state index < -0.39 is 0 Å². The largest absolute Gasteiger partial charge is 0.393 e. The molecule has 1 heteroatoms. The van der Waals surface area contributed by atoms with Crippen molar-refractivity contribution in [2.75, 3.05) is 0 Å². The maximum atomic E-state index is 9.67. The molecular formula is C10H16O. The van der Waals surface area contributed by atoms with Crippen molar-refractivity contribution in [3.05, 3.63) is 0 Å². The fraction of sp³-hybridized carbons (Fsp3) is 1.00. The first-order chi connectivity index (χ1) is 5.36. The lowest BCUT2D eigenvalue weighted by atomic mass is 9.80. The van der Waals surface area contributed by atoms with Crippen LogP contribution < -0.4 is 0 Å². The standard InChI is InChI=1S/C10H16O/c11-10-5-6-4-9(10)8-3-1-2-7(6)8/h6-11H,1-5H2/t6-,7?,8?,9-,10+/m1/s1. The van der Waals surface area contributed by atoms with Crippen LogP contribution in [0.2, 0.25) is 0 Å². The molecule has 0 aromatic heterocycles. The maximum Gasteiger partial charge on any atom is 0.0574 e. The van der Waals surface area contributed by atoms with E-state index in [-0.39, 0.29) is 6.10 Å². The van der Waals surface area contributed by atoms with Crippen molar-refractivity contribution in [2.24, 2.45) is 23.7 Å². The average Bonchev–Trinajstić information content (AvgIpc) is 2.52.